The van der Waals surface area contributed by atoms with Crippen LogP contribution in [0.5, 0.6) is 0 Å². The molecule has 0 saturated heterocycles. The number of anilines is 1. The molecule has 0 aliphatic carbocycles. The first-order chi connectivity index (χ1) is 9.66. The number of para-hydroxylation sites is 1. The zero-order valence-corrected chi connectivity index (χ0v) is 10.9. The number of rotatable bonds is 2. The molecule has 0 saturated carbocycles. The van der Waals surface area contributed by atoms with Gasteiger partial charge in [-0.2, -0.15) is 4.68 Å². The van der Waals surface area contributed by atoms with Crippen LogP contribution in [0.2, 0.25) is 5.02 Å². The van der Waals surface area contributed by atoms with Crippen molar-refractivity contribution in [3.05, 3.63) is 53.3 Å². The molecule has 7 heteroatoms. The van der Waals surface area contributed by atoms with Gasteiger partial charge in [-0.05, 0) is 40.8 Å². The number of tetrazole rings is 1. The zero-order chi connectivity index (χ0) is 14.1. The Bertz CT molecular complexity index is 771. The highest BCUT2D eigenvalue weighted by molar-refractivity contribution is 6.32. The number of aromatic nitrogens is 4. The second-order valence-electron chi connectivity index (χ2n) is 4.10. The molecule has 0 aliphatic rings. The number of nitrogen functional groups attached to an aromatic ring is 1. The molecule has 3 rings (SSSR count). The van der Waals surface area contributed by atoms with Gasteiger partial charge in [-0.25, -0.2) is 4.39 Å². The minimum absolute atomic E-state index is 0.0382. The fourth-order valence-electron chi connectivity index (χ4n) is 1.84. The van der Waals surface area contributed by atoms with Crippen LogP contribution in [0.15, 0.2) is 42.5 Å². The van der Waals surface area contributed by atoms with Crippen molar-refractivity contribution in [2.45, 2.75) is 0 Å². The van der Waals surface area contributed by atoms with E-state index in [9.17, 15) is 4.39 Å². The molecule has 0 aliphatic heterocycles. The summed E-state index contributed by atoms with van der Waals surface area (Å²) in [6.07, 6.45) is 0. The first-order valence-electron chi connectivity index (χ1n) is 5.75. The Balaban J connectivity index is 2.15. The van der Waals surface area contributed by atoms with Crippen molar-refractivity contribution >= 4 is 17.3 Å². The van der Waals surface area contributed by atoms with E-state index in [4.69, 9.17) is 17.3 Å². The molecular formula is C13H9ClFN5. The Morgan fingerprint density at radius 3 is 2.70 bits per heavy atom. The molecule has 2 aromatic carbocycles. The van der Waals surface area contributed by atoms with E-state index in [1.807, 2.05) is 12.1 Å². The zero-order valence-electron chi connectivity index (χ0n) is 10.2. The molecule has 2 N–H and O–H groups in total. The number of hydrogen-bond acceptors (Lipinski definition) is 4. The number of nitrogens with two attached hydrogens (primary N) is 1. The quantitative estimate of drug-likeness (QED) is 0.736. The molecule has 0 fully saturated rings. The SMILES string of the molecule is Nc1cc(-c2nnnn2-c2ccccc2Cl)ccc1F. The minimum atomic E-state index is -0.481. The average molecular weight is 290 g/mol. The monoisotopic (exact) mass is 289 g/mol. The summed E-state index contributed by atoms with van der Waals surface area (Å²) in [7, 11) is 0. The van der Waals surface area contributed by atoms with Gasteiger partial charge >= 0.3 is 0 Å². The second kappa shape index (κ2) is 4.90. The summed E-state index contributed by atoms with van der Waals surface area (Å²) in [5.41, 5.74) is 6.85. The summed E-state index contributed by atoms with van der Waals surface area (Å²) in [4.78, 5) is 0. The standard InChI is InChI=1S/C13H9ClFN5/c14-9-3-1-2-4-12(9)20-13(17-18-19-20)8-5-6-10(15)11(16)7-8/h1-7H,16H2. The topological polar surface area (TPSA) is 69.6 Å². The molecule has 0 spiro atoms. The molecule has 0 bridgehead atoms. The van der Waals surface area contributed by atoms with Gasteiger partial charge < -0.3 is 5.73 Å². The van der Waals surface area contributed by atoms with Gasteiger partial charge in [-0.1, -0.05) is 23.7 Å². The molecule has 1 heterocycles. The maximum Gasteiger partial charge on any atom is 0.187 e. The van der Waals surface area contributed by atoms with Crippen molar-refractivity contribution in [2.24, 2.45) is 0 Å². The van der Waals surface area contributed by atoms with Crippen LogP contribution in [0, 0.1) is 5.82 Å². The highest BCUT2D eigenvalue weighted by atomic mass is 35.5. The highest BCUT2D eigenvalue weighted by Gasteiger charge is 2.14. The van der Waals surface area contributed by atoms with Crippen molar-refractivity contribution in [3.8, 4) is 17.1 Å². The van der Waals surface area contributed by atoms with Gasteiger partial charge in [0, 0.05) is 5.56 Å². The van der Waals surface area contributed by atoms with Crippen molar-refractivity contribution in [1.82, 2.24) is 20.2 Å². The maximum atomic E-state index is 13.2. The van der Waals surface area contributed by atoms with Crippen LogP contribution in [0.4, 0.5) is 10.1 Å². The average Bonchev–Trinajstić information content (AvgIpc) is 2.91. The predicted octanol–water partition coefficient (Wildman–Crippen LogP) is 2.70. The third kappa shape index (κ3) is 2.10. The van der Waals surface area contributed by atoms with E-state index < -0.39 is 5.82 Å². The number of halogens is 2. The summed E-state index contributed by atoms with van der Waals surface area (Å²) in [6, 6.07) is 11.5. The fraction of sp³-hybridized carbons (Fsp3) is 0. The van der Waals surface area contributed by atoms with Crippen LogP contribution in [0.25, 0.3) is 17.1 Å². The van der Waals surface area contributed by atoms with E-state index in [0.29, 0.717) is 22.1 Å². The van der Waals surface area contributed by atoms with Crippen LogP contribution in [0.3, 0.4) is 0 Å². The van der Waals surface area contributed by atoms with E-state index >= 15 is 0 Å². The van der Waals surface area contributed by atoms with E-state index in [2.05, 4.69) is 15.5 Å². The van der Waals surface area contributed by atoms with Gasteiger partial charge in [0.05, 0.1) is 16.4 Å². The molecule has 3 aromatic rings. The van der Waals surface area contributed by atoms with Gasteiger partial charge in [0.1, 0.15) is 5.82 Å². The maximum absolute atomic E-state index is 13.2. The molecule has 1 aromatic heterocycles. The molecule has 0 radical (unpaired) electrons. The van der Waals surface area contributed by atoms with E-state index in [1.165, 1.54) is 16.8 Å². The Hall–Kier alpha value is -2.47. The molecule has 100 valence electrons. The smallest absolute Gasteiger partial charge is 0.187 e. The van der Waals surface area contributed by atoms with Gasteiger partial charge in [-0.3, -0.25) is 0 Å². The summed E-state index contributed by atoms with van der Waals surface area (Å²) in [5, 5.41) is 12.0. The second-order valence-corrected chi connectivity index (χ2v) is 4.51. The third-order valence-corrected chi connectivity index (χ3v) is 3.12. The lowest BCUT2D eigenvalue weighted by Crippen LogP contribution is -2.01. The van der Waals surface area contributed by atoms with Gasteiger partial charge in [0.25, 0.3) is 0 Å². The lowest BCUT2D eigenvalue weighted by Gasteiger charge is -2.07. The highest BCUT2D eigenvalue weighted by Crippen LogP contribution is 2.26. The van der Waals surface area contributed by atoms with Crippen LogP contribution in [-0.4, -0.2) is 20.2 Å². The van der Waals surface area contributed by atoms with Crippen molar-refractivity contribution in [1.29, 1.82) is 0 Å². The Kier molecular flexibility index (Phi) is 3.08. The molecule has 5 nitrogen and oxygen atoms in total. The Morgan fingerprint density at radius 1 is 1.15 bits per heavy atom. The summed E-state index contributed by atoms with van der Waals surface area (Å²) in [5.74, 6) is -0.0460. The van der Waals surface area contributed by atoms with Gasteiger partial charge in [0.15, 0.2) is 5.82 Å². The van der Waals surface area contributed by atoms with E-state index in [-0.39, 0.29) is 5.69 Å². The van der Waals surface area contributed by atoms with Gasteiger partial charge in [0.2, 0.25) is 0 Å². The molecule has 0 unspecified atom stereocenters. The Labute approximate surface area is 118 Å². The van der Waals surface area contributed by atoms with Crippen LogP contribution < -0.4 is 5.73 Å². The summed E-state index contributed by atoms with van der Waals surface area (Å²) < 4.78 is 14.7. The first-order valence-corrected chi connectivity index (χ1v) is 6.13. The van der Waals surface area contributed by atoms with E-state index in [1.54, 1.807) is 18.2 Å². The lowest BCUT2D eigenvalue weighted by molar-refractivity contribution is 0.632. The lowest BCUT2D eigenvalue weighted by atomic mass is 10.2. The fourth-order valence-corrected chi connectivity index (χ4v) is 2.05. The van der Waals surface area contributed by atoms with Crippen molar-refractivity contribution in [2.75, 3.05) is 5.73 Å². The van der Waals surface area contributed by atoms with Crippen LogP contribution in [-0.2, 0) is 0 Å². The van der Waals surface area contributed by atoms with Crippen LogP contribution >= 0.6 is 11.6 Å². The van der Waals surface area contributed by atoms with E-state index in [0.717, 1.165) is 0 Å². The number of benzene rings is 2. The molecular weight excluding hydrogens is 281 g/mol. The van der Waals surface area contributed by atoms with Gasteiger partial charge in [-0.15, -0.1) is 5.10 Å². The van der Waals surface area contributed by atoms with Crippen LogP contribution in [0.1, 0.15) is 0 Å². The molecule has 0 atom stereocenters. The predicted molar refractivity (Wildman–Crippen MR) is 74.0 cm³/mol. The molecule has 20 heavy (non-hydrogen) atoms. The number of nitrogens with zero attached hydrogens (tertiary/aromatic N) is 4. The largest absolute Gasteiger partial charge is 0.396 e. The first kappa shape index (κ1) is 12.6. The third-order valence-electron chi connectivity index (χ3n) is 2.80. The minimum Gasteiger partial charge on any atom is -0.396 e. The Morgan fingerprint density at radius 2 is 1.95 bits per heavy atom. The van der Waals surface area contributed by atoms with Crippen molar-refractivity contribution in [3.63, 3.8) is 0 Å². The number of hydrogen-bond donors (Lipinski definition) is 1. The summed E-state index contributed by atoms with van der Waals surface area (Å²) in [6.45, 7) is 0. The molecule has 0 amide bonds. The normalized spacial score (nSPS) is 10.7. The van der Waals surface area contributed by atoms with Crippen molar-refractivity contribution < 1.29 is 4.39 Å². The summed E-state index contributed by atoms with van der Waals surface area (Å²) >= 11 is 6.13.